The summed E-state index contributed by atoms with van der Waals surface area (Å²) in [6.07, 6.45) is -0.414. The molecule has 8 nitrogen and oxygen atoms in total. The van der Waals surface area contributed by atoms with Crippen molar-refractivity contribution in [3.8, 4) is 17.2 Å². The van der Waals surface area contributed by atoms with E-state index in [9.17, 15) is 13.2 Å². The van der Waals surface area contributed by atoms with Crippen LogP contribution in [0.15, 0.2) is 41.3 Å². The summed E-state index contributed by atoms with van der Waals surface area (Å²) < 4.78 is 50.7. The van der Waals surface area contributed by atoms with Crippen LogP contribution in [0.1, 0.15) is 23.6 Å². The fraction of sp³-hybridized carbons (Fsp3) is 0.409. The number of methoxy groups -OCH3 is 3. The lowest BCUT2D eigenvalue weighted by molar-refractivity contribution is -0.141. The second kappa shape index (κ2) is 8.05. The maximum Gasteiger partial charge on any atom is 0.306 e. The summed E-state index contributed by atoms with van der Waals surface area (Å²) in [7, 11) is 0.645. The summed E-state index contributed by atoms with van der Waals surface area (Å²) in [5.74, 6) is 0.664. The van der Waals surface area contributed by atoms with Crippen molar-refractivity contribution in [2.24, 2.45) is 5.92 Å². The standard InChI is InChI=1S/C22H25NO7S/c1-13-5-7-15(8-6-13)31(25,26)23-12-19-16(11-20(24)30-19)22(23)21-17(28-3)9-14(27-2)10-18(21)29-4/h5-10,16,19,22H,11-12H2,1-4H3/t16-,19-,22-/m1/s1. The number of hydrogen-bond donors (Lipinski definition) is 0. The molecule has 0 spiro atoms. The van der Waals surface area contributed by atoms with E-state index in [4.69, 9.17) is 18.9 Å². The van der Waals surface area contributed by atoms with Crippen LogP contribution in [0, 0.1) is 12.8 Å². The van der Waals surface area contributed by atoms with Crippen molar-refractivity contribution in [1.82, 2.24) is 4.31 Å². The van der Waals surface area contributed by atoms with Crippen LogP contribution in [0.25, 0.3) is 0 Å². The molecule has 9 heteroatoms. The first kappa shape index (κ1) is 21.5. The Bertz CT molecular complexity index is 1070. The van der Waals surface area contributed by atoms with Crippen molar-refractivity contribution in [3.05, 3.63) is 47.5 Å². The number of nitrogens with zero attached hydrogens (tertiary/aromatic N) is 1. The van der Waals surface area contributed by atoms with E-state index >= 15 is 0 Å². The Balaban J connectivity index is 1.88. The summed E-state index contributed by atoms with van der Waals surface area (Å²) in [5.41, 5.74) is 1.51. The molecule has 4 rings (SSSR count). The first-order valence-electron chi connectivity index (χ1n) is 9.88. The second-order valence-corrected chi connectivity index (χ2v) is 9.57. The van der Waals surface area contributed by atoms with Crippen LogP contribution >= 0.6 is 0 Å². The molecule has 0 saturated carbocycles. The second-order valence-electron chi connectivity index (χ2n) is 7.67. The lowest BCUT2D eigenvalue weighted by Crippen LogP contribution is -2.34. The van der Waals surface area contributed by atoms with Crippen molar-refractivity contribution < 1.29 is 32.2 Å². The number of esters is 1. The Labute approximate surface area is 181 Å². The maximum absolute atomic E-state index is 13.6. The van der Waals surface area contributed by atoms with Crippen LogP contribution in [-0.4, -0.2) is 52.7 Å². The van der Waals surface area contributed by atoms with Crippen LogP contribution in [0.2, 0.25) is 0 Å². The molecule has 2 heterocycles. The number of benzene rings is 2. The average Bonchev–Trinajstić information content (AvgIpc) is 3.29. The molecule has 31 heavy (non-hydrogen) atoms. The van der Waals surface area contributed by atoms with Gasteiger partial charge in [-0.15, -0.1) is 0 Å². The van der Waals surface area contributed by atoms with Gasteiger partial charge in [-0.2, -0.15) is 4.31 Å². The molecule has 3 atom stereocenters. The quantitative estimate of drug-likeness (QED) is 0.629. The normalized spacial score (nSPS) is 23.4. The first-order valence-corrected chi connectivity index (χ1v) is 11.3. The number of rotatable bonds is 6. The topological polar surface area (TPSA) is 91.4 Å². The molecule has 0 radical (unpaired) electrons. The van der Waals surface area contributed by atoms with E-state index in [1.807, 2.05) is 6.92 Å². The molecule has 2 aromatic carbocycles. The van der Waals surface area contributed by atoms with Gasteiger partial charge in [0.1, 0.15) is 23.4 Å². The molecule has 0 amide bonds. The number of fused-ring (bicyclic) bond motifs is 1. The fourth-order valence-electron chi connectivity index (χ4n) is 4.40. The third-order valence-corrected chi connectivity index (χ3v) is 7.78. The Morgan fingerprint density at radius 3 is 2.16 bits per heavy atom. The monoisotopic (exact) mass is 447 g/mol. The number of aryl methyl sites for hydroxylation is 1. The van der Waals surface area contributed by atoms with Gasteiger partial charge in [0.25, 0.3) is 0 Å². The highest BCUT2D eigenvalue weighted by Gasteiger charge is 2.55. The minimum atomic E-state index is -3.88. The number of ether oxygens (including phenoxy) is 4. The number of hydrogen-bond acceptors (Lipinski definition) is 7. The zero-order valence-corrected chi connectivity index (χ0v) is 18.6. The van der Waals surface area contributed by atoms with Gasteiger partial charge in [0, 0.05) is 18.1 Å². The van der Waals surface area contributed by atoms with E-state index in [1.54, 1.807) is 36.4 Å². The van der Waals surface area contributed by atoms with Gasteiger partial charge in [-0.25, -0.2) is 8.42 Å². The lowest BCUT2D eigenvalue weighted by Gasteiger charge is -2.29. The molecule has 2 fully saturated rings. The highest BCUT2D eigenvalue weighted by molar-refractivity contribution is 7.89. The van der Waals surface area contributed by atoms with E-state index in [-0.39, 0.29) is 29.7 Å². The minimum Gasteiger partial charge on any atom is -0.496 e. The lowest BCUT2D eigenvalue weighted by atomic mass is 9.90. The fourth-order valence-corrected chi connectivity index (χ4v) is 6.05. The smallest absolute Gasteiger partial charge is 0.306 e. The highest BCUT2D eigenvalue weighted by Crippen LogP contribution is 2.52. The van der Waals surface area contributed by atoms with Gasteiger partial charge in [-0.3, -0.25) is 4.79 Å². The Morgan fingerprint density at radius 2 is 1.61 bits per heavy atom. The Kier molecular flexibility index (Phi) is 5.57. The Morgan fingerprint density at radius 1 is 1.00 bits per heavy atom. The summed E-state index contributed by atoms with van der Waals surface area (Å²) in [5, 5.41) is 0. The van der Waals surface area contributed by atoms with E-state index in [0.29, 0.717) is 22.8 Å². The van der Waals surface area contributed by atoms with Gasteiger partial charge in [-0.1, -0.05) is 17.7 Å². The van der Waals surface area contributed by atoms with Gasteiger partial charge < -0.3 is 18.9 Å². The minimum absolute atomic E-state index is 0.0651. The molecule has 0 aromatic heterocycles. The van der Waals surface area contributed by atoms with E-state index in [2.05, 4.69) is 0 Å². The van der Waals surface area contributed by atoms with E-state index < -0.39 is 22.2 Å². The zero-order chi connectivity index (χ0) is 22.3. The van der Waals surface area contributed by atoms with Crippen LogP contribution in [0.3, 0.4) is 0 Å². The number of carbonyl (C=O) groups is 1. The molecule has 2 aliphatic rings. The van der Waals surface area contributed by atoms with Crippen LogP contribution in [0.5, 0.6) is 17.2 Å². The predicted octanol–water partition coefficient (Wildman–Crippen LogP) is 2.70. The van der Waals surface area contributed by atoms with Crippen molar-refractivity contribution in [1.29, 1.82) is 0 Å². The molecule has 0 aliphatic carbocycles. The van der Waals surface area contributed by atoms with Crippen LogP contribution in [0.4, 0.5) is 0 Å². The molecule has 0 N–H and O–H groups in total. The summed E-state index contributed by atoms with van der Waals surface area (Å²) in [4.78, 5) is 12.2. The zero-order valence-electron chi connectivity index (χ0n) is 17.8. The average molecular weight is 448 g/mol. The summed E-state index contributed by atoms with van der Waals surface area (Å²) >= 11 is 0. The third-order valence-electron chi connectivity index (χ3n) is 5.91. The van der Waals surface area contributed by atoms with Crippen LogP contribution in [-0.2, 0) is 19.6 Å². The van der Waals surface area contributed by atoms with Gasteiger partial charge in [-0.05, 0) is 19.1 Å². The van der Waals surface area contributed by atoms with E-state index in [1.165, 1.54) is 25.6 Å². The van der Waals surface area contributed by atoms with Crippen molar-refractivity contribution in [2.45, 2.75) is 30.4 Å². The summed E-state index contributed by atoms with van der Waals surface area (Å²) in [6.45, 7) is 1.96. The first-order chi connectivity index (χ1) is 14.8. The molecule has 166 valence electrons. The number of sulfonamides is 1. The van der Waals surface area contributed by atoms with Crippen molar-refractivity contribution >= 4 is 16.0 Å². The number of carbonyl (C=O) groups excluding carboxylic acids is 1. The molecule has 0 bridgehead atoms. The van der Waals surface area contributed by atoms with Crippen molar-refractivity contribution in [2.75, 3.05) is 27.9 Å². The molecular weight excluding hydrogens is 422 g/mol. The predicted molar refractivity (Wildman–Crippen MR) is 112 cm³/mol. The van der Waals surface area contributed by atoms with Crippen molar-refractivity contribution in [3.63, 3.8) is 0 Å². The van der Waals surface area contributed by atoms with Gasteiger partial charge in [0.15, 0.2) is 0 Å². The molecule has 2 aliphatic heterocycles. The van der Waals surface area contributed by atoms with E-state index in [0.717, 1.165) is 5.56 Å². The maximum atomic E-state index is 13.6. The molecule has 2 saturated heterocycles. The van der Waals surface area contributed by atoms with Gasteiger partial charge >= 0.3 is 5.97 Å². The van der Waals surface area contributed by atoms with Gasteiger partial charge in [0.2, 0.25) is 10.0 Å². The SMILES string of the molecule is COc1cc(OC)c([C@H]2[C@@H]3CC(=O)O[C@@H]3CN2S(=O)(=O)c2ccc(C)cc2)c(OC)c1. The summed E-state index contributed by atoms with van der Waals surface area (Å²) in [6, 6.07) is 9.35. The van der Waals surface area contributed by atoms with Crippen LogP contribution < -0.4 is 14.2 Å². The largest absolute Gasteiger partial charge is 0.496 e. The Hall–Kier alpha value is -2.78. The molecule has 2 aromatic rings. The molecular formula is C22H25NO7S. The third kappa shape index (κ3) is 3.61. The molecule has 0 unspecified atom stereocenters. The van der Waals surface area contributed by atoms with Gasteiger partial charge in [0.05, 0.1) is 50.8 Å². The highest BCUT2D eigenvalue weighted by atomic mass is 32.2.